The largest absolute Gasteiger partial charge is 0.387 e. The molecule has 1 saturated heterocycles. The average Bonchev–Trinajstić information content (AvgIpc) is 2.39. The summed E-state index contributed by atoms with van der Waals surface area (Å²) in [4.78, 5) is 0. The topological polar surface area (TPSA) is 80.4 Å². The Labute approximate surface area is 104 Å². The zero-order valence-corrected chi connectivity index (χ0v) is 11.5. The van der Waals surface area contributed by atoms with Gasteiger partial charge in [-0.1, -0.05) is 13.8 Å². The van der Waals surface area contributed by atoms with Gasteiger partial charge in [0.1, 0.15) is 0 Å². The van der Waals surface area contributed by atoms with Gasteiger partial charge in [0.25, 0.3) is 0 Å². The monoisotopic (exact) mass is 261 g/mol. The number of sulfone groups is 1. The van der Waals surface area contributed by atoms with Gasteiger partial charge in [-0.3, -0.25) is 0 Å². The Balaban J connectivity index is 2.26. The van der Waals surface area contributed by atoms with E-state index in [2.05, 4.69) is 13.8 Å². The first-order valence-electron chi connectivity index (χ1n) is 6.37. The van der Waals surface area contributed by atoms with E-state index >= 15 is 0 Å². The second-order valence-corrected chi connectivity index (χ2v) is 8.57. The lowest BCUT2D eigenvalue weighted by molar-refractivity contribution is -0.0477. The molecule has 1 saturated carbocycles. The fourth-order valence-corrected chi connectivity index (χ4v) is 5.74. The molecule has 0 aromatic rings. The molecule has 0 radical (unpaired) electrons. The lowest BCUT2D eigenvalue weighted by Gasteiger charge is -2.48. The predicted molar refractivity (Wildman–Crippen MR) is 67.3 cm³/mol. The van der Waals surface area contributed by atoms with E-state index in [-0.39, 0.29) is 11.5 Å². The third-order valence-corrected chi connectivity index (χ3v) is 6.19. The first-order chi connectivity index (χ1) is 7.66. The van der Waals surface area contributed by atoms with Gasteiger partial charge < -0.3 is 10.8 Å². The van der Waals surface area contributed by atoms with E-state index in [1.165, 1.54) is 0 Å². The summed E-state index contributed by atoms with van der Waals surface area (Å²) in [5.41, 5.74) is 4.44. The molecule has 5 heteroatoms. The molecule has 3 atom stereocenters. The highest BCUT2D eigenvalue weighted by Crippen LogP contribution is 2.44. The van der Waals surface area contributed by atoms with Crippen LogP contribution < -0.4 is 5.73 Å². The molecule has 0 aromatic carbocycles. The van der Waals surface area contributed by atoms with Crippen molar-refractivity contribution in [1.82, 2.24) is 0 Å². The molecular formula is C12H23NO3S. The summed E-state index contributed by atoms with van der Waals surface area (Å²) in [7, 11) is -3.11. The van der Waals surface area contributed by atoms with Gasteiger partial charge in [-0.25, -0.2) is 8.42 Å². The van der Waals surface area contributed by atoms with Crippen LogP contribution in [0.2, 0.25) is 0 Å². The lowest BCUT2D eigenvalue weighted by atomic mass is 9.64. The van der Waals surface area contributed by atoms with Gasteiger partial charge in [0, 0.05) is 5.54 Å². The van der Waals surface area contributed by atoms with Crippen LogP contribution in [-0.4, -0.2) is 36.2 Å². The Bertz CT molecular complexity index is 396. The molecule has 3 N–H and O–H groups in total. The van der Waals surface area contributed by atoms with Crippen molar-refractivity contribution < 1.29 is 13.5 Å². The predicted octanol–water partition coefficient (Wildman–Crippen LogP) is 0.690. The minimum atomic E-state index is -3.11. The van der Waals surface area contributed by atoms with Crippen molar-refractivity contribution in [2.75, 3.05) is 11.5 Å². The maximum absolute atomic E-state index is 11.6. The van der Waals surface area contributed by atoms with Crippen molar-refractivity contribution >= 4 is 9.84 Å². The molecule has 0 aromatic heterocycles. The maximum Gasteiger partial charge on any atom is 0.153 e. The molecule has 4 nitrogen and oxygen atoms in total. The molecule has 2 aliphatic rings. The zero-order valence-electron chi connectivity index (χ0n) is 10.6. The van der Waals surface area contributed by atoms with Gasteiger partial charge in [-0.05, 0) is 37.5 Å². The van der Waals surface area contributed by atoms with Crippen molar-refractivity contribution in [2.45, 2.75) is 50.7 Å². The van der Waals surface area contributed by atoms with E-state index in [9.17, 15) is 13.5 Å². The van der Waals surface area contributed by atoms with E-state index < -0.39 is 21.0 Å². The van der Waals surface area contributed by atoms with Crippen LogP contribution >= 0.6 is 0 Å². The van der Waals surface area contributed by atoms with E-state index in [1.807, 2.05) is 0 Å². The summed E-state index contributed by atoms with van der Waals surface area (Å²) in [5.74, 6) is 0.827. The Hall–Kier alpha value is -0.130. The SMILES string of the molecule is CC1CC(C)CC(N)(C2(O)CCS(=O)(=O)C2)C1. The Morgan fingerprint density at radius 3 is 2.18 bits per heavy atom. The quantitative estimate of drug-likeness (QED) is 0.728. The highest BCUT2D eigenvalue weighted by Gasteiger charge is 2.55. The summed E-state index contributed by atoms with van der Waals surface area (Å²) in [6, 6.07) is 0. The molecule has 1 heterocycles. The van der Waals surface area contributed by atoms with Gasteiger partial charge in [0.05, 0.1) is 17.1 Å². The smallest absolute Gasteiger partial charge is 0.153 e. The Morgan fingerprint density at radius 1 is 1.24 bits per heavy atom. The number of hydrogen-bond donors (Lipinski definition) is 2. The molecule has 0 bridgehead atoms. The van der Waals surface area contributed by atoms with Crippen LogP contribution in [0.4, 0.5) is 0 Å². The van der Waals surface area contributed by atoms with Crippen LogP contribution in [0.1, 0.15) is 39.5 Å². The summed E-state index contributed by atoms with van der Waals surface area (Å²) < 4.78 is 23.2. The molecule has 1 aliphatic carbocycles. The fraction of sp³-hybridized carbons (Fsp3) is 1.00. The first-order valence-corrected chi connectivity index (χ1v) is 8.20. The molecule has 0 spiro atoms. The first kappa shape index (κ1) is 13.3. The highest BCUT2D eigenvalue weighted by atomic mass is 32.2. The number of nitrogens with two attached hydrogens (primary N) is 1. The second-order valence-electron chi connectivity index (χ2n) is 6.38. The number of rotatable bonds is 1. The van der Waals surface area contributed by atoms with E-state index in [0.29, 0.717) is 18.3 Å². The minimum Gasteiger partial charge on any atom is -0.387 e. The van der Waals surface area contributed by atoms with Gasteiger partial charge >= 0.3 is 0 Å². The van der Waals surface area contributed by atoms with Crippen LogP contribution in [0, 0.1) is 11.8 Å². The molecule has 100 valence electrons. The summed E-state index contributed by atoms with van der Waals surface area (Å²) >= 11 is 0. The van der Waals surface area contributed by atoms with E-state index in [4.69, 9.17) is 5.73 Å². The van der Waals surface area contributed by atoms with Crippen molar-refractivity contribution in [3.8, 4) is 0 Å². The maximum atomic E-state index is 11.6. The number of hydrogen-bond acceptors (Lipinski definition) is 4. The number of aliphatic hydroxyl groups is 1. The highest BCUT2D eigenvalue weighted by molar-refractivity contribution is 7.91. The molecule has 0 amide bonds. The second kappa shape index (κ2) is 3.93. The van der Waals surface area contributed by atoms with Crippen LogP contribution in [0.5, 0.6) is 0 Å². The van der Waals surface area contributed by atoms with Crippen LogP contribution in [0.3, 0.4) is 0 Å². The van der Waals surface area contributed by atoms with Gasteiger partial charge in [0.2, 0.25) is 0 Å². The normalized spacial score (nSPS) is 50.4. The van der Waals surface area contributed by atoms with Crippen molar-refractivity contribution in [2.24, 2.45) is 17.6 Å². The Morgan fingerprint density at radius 2 is 1.76 bits per heavy atom. The summed E-state index contributed by atoms with van der Waals surface area (Å²) in [5, 5.41) is 10.6. The van der Waals surface area contributed by atoms with Crippen molar-refractivity contribution in [3.63, 3.8) is 0 Å². The minimum absolute atomic E-state index is 0.0746. The van der Waals surface area contributed by atoms with E-state index in [1.54, 1.807) is 0 Å². The third kappa shape index (κ3) is 2.37. The molecule has 2 rings (SSSR count). The third-order valence-electron chi connectivity index (χ3n) is 4.44. The molecule has 17 heavy (non-hydrogen) atoms. The summed E-state index contributed by atoms with van der Waals surface area (Å²) in [6.07, 6.45) is 2.86. The van der Waals surface area contributed by atoms with Gasteiger partial charge in [0.15, 0.2) is 9.84 Å². The van der Waals surface area contributed by atoms with Crippen molar-refractivity contribution in [3.05, 3.63) is 0 Å². The van der Waals surface area contributed by atoms with Crippen molar-refractivity contribution in [1.29, 1.82) is 0 Å². The standard InChI is InChI=1S/C12H23NO3S/c1-9-5-10(2)7-11(13,6-9)12(14)3-4-17(15,16)8-12/h9-10,14H,3-8,13H2,1-2H3. The Kier molecular flexibility index (Phi) is 3.08. The van der Waals surface area contributed by atoms with Crippen LogP contribution in [0.15, 0.2) is 0 Å². The average molecular weight is 261 g/mol. The van der Waals surface area contributed by atoms with E-state index in [0.717, 1.165) is 19.3 Å². The molecule has 1 aliphatic heterocycles. The fourth-order valence-electron chi connectivity index (χ4n) is 3.79. The molecule has 2 fully saturated rings. The zero-order chi connectivity index (χ0) is 12.9. The molecular weight excluding hydrogens is 238 g/mol. The lowest BCUT2D eigenvalue weighted by Crippen LogP contribution is -2.64. The summed E-state index contributed by atoms with van der Waals surface area (Å²) in [6.45, 7) is 4.26. The van der Waals surface area contributed by atoms with Crippen LogP contribution in [0.25, 0.3) is 0 Å². The molecule has 3 unspecified atom stereocenters. The van der Waals surface area contributed by atoms with Gasteiger partial charge in [-0.15, -0.1) is 0 Å². The van der Waals surface area contributed by atoms with Gasteiger partial charge in [-0.2, -0.15) is 0 Å². The van der Waals surface area contributed by atoms with Crippen LogP contribution in [-0.2, 0) is 9.84 Å².